The van der Waals surface area contributed by atoms with Gasteiger partial charge in [-0.25, -0.2) is 0 Å². The molecule has 0 aliphatic rings. The minimum atomic E-state index is -1.13. The second-order valence-corrected chi connectivity index (χ2v) is 4.90. The third kappa shape index (κ3) is 3.35. The minimum Gasteiger partial charge on any atom is -0.385 e. The lowest BCUT2D eigenvalue weighted by atomic mass is 9.86. The molecule has 0 bridgehead atoms. The smallest absolute Gasteiger partial charge is 0.230 e. The van der Waals surface area contributed by atoms with Crippen LogP contribution in [0.3, 0.4) is 0 Å². The Morgan fingerprint density at radius 3 is 2.30 bits per heavy atom. The first-order chi connectivity index (χ1) is 9.59. The predicted molar refractivity (Wildman–Crippen MR) is 77.6 cm³/mol. The Kier molecular flexibility index (Phi) is 4.71. The number of hydrogen-bond donors (Lipinski definition) is 1. The molecule has 5 heteroatoms. The maximum absolute atomic E-state index is 10.7. The zero-order valence-electron chi connectivity index (χ0n) is 10.6. The van der Waals surface area contributed by atoms with Crippen LogP contribution in [0.1, 0.15) is 17.0 Å². The van der Waals surface area contributed by atoms with Crippen LogP contribution in [-0.2, 0) is 0 Å². The van der Waals surface area contributed by atoms with Gasteiger partial charge in [-0.05, 0) is 17.2 Å². The van der Waals surface area contributed by atoms with E-state index in [4.69, 9.17) is 11.6 Å². The Morgan fingerprint density at radius 2 is 1.70 bits per heavy atom. The Bertz CT molecular complexity index is 589. The van der Waals surface area contributed by atoms with E-state index in [1.54, 1.807) is 24.3 Å². The van der Waals surface area contributed by atoms with E-state index < -0.39 is 23.5 Å². The lowest BCUT2D eigenvalue weighted by molar-refractivity contribution is -0.490. The summed E-state index contributed by atoms with van der Waals surface area (Å²) in [6.45, 7) is -0.523. The molecule has 0 spiro atoms. The molecule has 0 heterocycles. The van der Waals surface area contributed by atoms with Crippen LogP contribution < -0.4 is 0 Å². The van der Waals surface area contributed by atoms with Gasteiger partial charge in [0.1, 0.15) is 6.10 Å². The quantitative estimate of drug-likeness (QED) is 0.680. The number of aliphatic hydroxyl groups excluding tert-OH is 1. The van der Waals surface area contributed by atoms with E-state index >= 15 is 0 Å². The minimum absolute atomic E-state index is 0.490. The molecule has 2 atom stereocenters. The molecule has 104 valence electrons. The van der Waals surface area contributed by atoms with Gasteiger partial charge in [0.2, 0.25) is 6.54 Å². The Labute approximate surface area is 121 Å². The standard InChI is InChI=1S/C15H14ClNO3/c16-13-9-5-4-8-12(13)15(14(18)10-17(19)20)11-6-2-1-3-7-11/h1-9,14-15,18H,10H2. The van der Waals surface area contributed by atoms with Crippen LogP contribution in [-0.4, -0.2) is 22.7 Å². The largest absolute Gasteiger partial charge is 0.385 e. The molecule has 0 saturated carbocycles. The molecule has 2 aromatic rings. The Balaban J connectivity index is 2.45. The van der Waals surface area contributed by atoms with Crippen LogP contribution in [0.4, 0.5) is 0 Å². The van der Waals surface area contributed by atoms with Gasteiger partial charge in [0.15, 0.2) is 0 Å². The van der Waals surface area contributed by atoms with Crippen molar-refractivity contribution in [1.82, 2.24) is 0 Å². The summed E-state index contributed by atoms with van der Waals surface area (Å²) >= 11 is 6.17. The average molecular weight is 292 g/mol. The molecule has 0 aromatic heterocycles. The maximum atomic E-state index is 10.7. The number of nitro groups is 1. The van der Waals surface area contributed by atoms with Gasteiger partial charge in [0.05, 0.1) is 0 Å². The van der Waals surface area contributed by atoms with Gasteiger partial charge in [0, 0.05) is 15.9 Å². The molecule has 0 aliphatic carbocycles. The van der Waals surface area contributed by atoms with Gasteiger partial charge in [-0.3, -0.25) is 10.1 Å². The van der Waals surface area contributed by atoms with Crippen LogP contribution in [0.15, 0.2) is 54.6 Å². The van der Waals surface area contributed by atoms with Gasteiger partial charge in [-0.1, -0.05) is 60.1 Å². The fourth-order valence-electron chi connectivity index (χ4n) is 2.25. The summed E-state index contributed by atoms with van der Waals surface area (Å²) in [6.07, 6.45) is -1.13. The van der Waals surface area contributed by atoms with E-state index in [0.29, 0.717) is 10.6 Å². The van der Waals surface area contributed by atoms with Crippen molar-refractivity contribution in [2.75, 3.05) is 6.54 Å². The number of rotatable bonds is 5. The zero-order valence-corrected chi connectivity index (χ0v) is 11.4. The first-order valence-electron chi connectivity index (χ1n) is 6.19. The van der Waals surface area contributed by atoms with Crippen molar-refractivity contribution in [3.63, 3.8) is 0 Å². The second-order valence-electron chi connectivity index (χ2n) is 4.49. The number of hydrogen-bond acceptors (Lipinski definition) is 3. The van der Waals surface area contributed by atoms with E-state index in [2.05, 4.69) is 0 Å². The summed E-state index contributed by atoms with van der Waals surface area (Å²) in [5.41, 5.74) is 1.49. The number of nitrogens with zero attached hydrogens (tertiary/aromatic N) is 1. The summed E-state index contributed by atoms with van der Waals surface area (Å²) in [4.78, 5) is 10.2. The highest BCUT2D eigenvalue weighted by Gasteiger charge is 2.28. The molecule has 20 heavy (non-hydrogen) atoms. The van der Waals surface area contributed by atoms with Crippen molar-refractivity contribution >= 4 is 11.6 Å². The molecular formula is C15H14ClNO3. The zero-order chi connectivity index (χ0) is 14.5. The van der Waals surface area contributed by atoms with Crippen LogP contribution in [0, 0.1) is 10.1 Å². The molecule has 0 saturated heterocycles. The summed E-state index contributed by atoms with van der Waals surface area (Å²) in [6, 6.07) is 16.3. The van der Waals surface area contributed by atoms with Crippen LogP contribution in [0.2, 0.25) is 5.02 Å². The number of halogens is 1. The lowest BCUT2D eigenvalue weighted by Gasteiger charge is -2.22. The highest BCUT2D eigenvalue weighted by molar-refractivity contribution is 6.31. The summed E-state index contributed by atoms with van der Waals surface area (Å²) in [5, 5.41) is 21.4. The van der Waals surface area contributed by atoms with Crippen LogP contribution in [0.25, 0.3) is 0 Å². The van der Waals surface area contributed by atoms with Gasteiger partial charge < -0.3 is 5.11 Å². The highest BCUT2D eigenvalue weighted by atomic mass is 35.5. The summed E-state index contributed by atoms with van der Waals surface area (Å²) in [7, 11) is 0. The van der Waals surface area contributed by atoms with E-state index in [1.165, 1.54) is 0 Å². The topological polar surface area (TPSA) is 63.4 Å². The van der Waals surface area contributed by atoms with Gasteiger partial charge >= 0.3 is 0 Å². The first-order valence-corrected chi connectivity index (χ1v) is 6.56. The number of aliphatic hydroxyl groups is 1. The fraction of sp³-hybridized carbons (Fsp3) is 0.200. The molecular weight excluding hydrogens is 278 g/mol. The van der Waals surface area contributed by atoms with E-state index in [-0.39, 0.29) is 0 Å². The fourth-order valence-corrected chi connectivity index (χ4v) is 2.51. The Morgan fingerprint density at radius 1 is 1.10 bits per heavy atom. The van der Waals surface area contributed by atoms with Crippen molar-refractivity contribution in [3.8, 4) is 0 Å². The first kappa shape index (κ1) is 14.5. The Hall–Kier alpha value is -1.91. The van der Waals surface area contributed by atoms with Crippen LogP contribution in [0.5, 0.6) is 0 Å². The SMILES string of the molecule is O=[N+]([O-])CC(O)C(c1ccccc1)c1ccccc1Cl. The second kappa shape index (κ2) is 6.50. The highest BCUT2D eigenvalue weighted by Crippen LogP contribution is 2.32. The monoisotopic (exact) mass is 291 g/mol. The third-order valence-corrected chi connectivity index (χ3v) is 3.46. The normalized spacial score (nSPS) is 13.7. The maximum Gasteiger partial charge on any atom is 0.230 e. The van der Waals surface area contributed by atoms with Crippen molar-refractivity contribution < 1.29 is 10.0 Å². The van der Waals surface area contributed by atoms with E-state index in [9.17, 15) is 15.2 Å². The van der Waals surface area contributed by atoms with Crippen LogP contribution >= 0.6 is 11.6 Å². The molecule has 4 nitrogen and oxygen atoms in total. The average Bonchev–Trinajstić information content (AvgIpc) is 2.42. The van der Waals surface area contributed by atoms with Crippen molar-refractivity contribution in [2.45, 2.75) is 12.0 Å². The molecule has 0 amide bonds. The molecule has 2 rings (SSSR count). The van der Waals surface area contributed by atoms with Gasteiger partial charge in [-0.15, -0.1) is 0 Å². The summed E-state index contributed by atoms with van der Waals surface area (Å²) < 4.78 is 0. The molecule has 0 fully saturated rings. The van der Waals surface area contributed by atoms with E-state index in [0.717, 1.165) is 5.56 Å². The van der Waals surface area contributed by atoms with Gasteiger partial charge in [-0.2, -0.15) is 0 Å². The number of benzene rings is 2. The van der Waals surface area contributed by atoms with Crippen molar-refractivity contribution in [1.29, 1.82) is 0 Å². The predicted octanol–water partition coefficient (Wildman–Crippen LogP) is 3.11. The molecule has 1 N–H and O–H groups in total. The lowest BCUT2D eigenvalue weighted by Crippen LogP contribution is -2.28. The van der Waals surface area contributed by atoms with Gasteiger partial charge in [0.25, 0.3) is 0 Å². The molecule has 2 unspecified atom stereocenters. The van der Waals surface area contributed by atoms with E-state index in [1.807, 2.05) is 30.3 Å². The third-order valence-electron chi connectivity index (χ3n) is 3.12. The van der Waals surface area contributed by atoms with Crippen molar-refractivity contribution in [2.24, 2.45) is 0 Å². The molecule has 0 aliphatic heterocycles. The molecule has 0 radical (unpaired) electrons. The summed E-state index contributed by atoms with van der Waals surface area (Å²) in [5.74, 6) is -0.518. The van der Waals surface area contributed by atoms with Crippen molar-refractivity contribution in [3.05, 3.63) is 80.9 Å². The molecule has 2 aromatic carbocycles.